The summed E-state index contributed by atoms with van der Waals surface area (Å²) in [5.41, 5.74) is -4.44. The lowest BCUT2D eigenvalue weighted by atomic mass is 9.91. The lowest BCUT2D eigenvalue weighted by molar-refractivity contribution is -0.201. The van der Waals surface area contributed by atoms with E-state index in [9.17, 15) is 18.4 Å². The predicted octanol–water partition coefficient (Wildman–Crippen LogP) is 6.43. The van der Waals surface area contributed by atoms with Gasteiger partial charge in [0.15, 0.2) is 0 Å². The van der Waals surface area contributed by atoms with Gasteiger partial charge in [-0.15, -0.1) is 11.8 Å². The van der Waals surface area contributed by atoms with Gasteiger partial charge in [0.05, 0.1) is 5.03 Å². The highest BCUT2D eigenvalue weighted by Gasteiger charge is 2.65. The van der Waals surface area contributed by atoms with E-state index in [-0.39, 0.29) is 16.3 Å². The van der Waals surface area contributed by atoms with E-state index < -0.39 is 46.3 Å². The van der Waals surface area contributed by atoms with Gasteiger partial charge in [-0.05, 0) is 66.9 Å². The van der Waals surface area contributed by atoms with Gasteiger partial charge in [0.2, 0.25) is 11.4 Å². The average molecular weight is 539 g/mol. The molecular formula is C25H16ClF5N2O2S. The molecule has 1 atom stereocenters. The van der Waals surface area contributed by atoms with Crippen LogP contribution in [0.2, 0.25) is 5.02 Å². The van der Waals surface area contributed by atoms with Crippen molar-refractivity contribution < 1.29 is 31.5 Å². The number of thioether (sulfide) groups is 1. The summed E-state index contributed by atoms with van der Waals surface area (Å²) in [4.78, 5) is 27.4. The van der Waals surface area contributed by atoms with Crippen LogP contribution in [0.4, 0.5) is 27.6 Å². The van der Waals surface area contributed by atoms with Crippen LogP contribution < -0.4 is 10.2 Å². The molecule has 11 heteroatoms. The van der Waals surface area contributed by atoms with Gasteiger partial charge >= 0.3 is 6.18 Å². The first-order chi connectivity index (χ1) is 17.0. The fraction of sp³-hybridized carbons (Fsp3) is 0.120. The molecule has 0 unspecified atom stereocenters. The second kappa shape index (κ2) is 9.59. The number of hydrogen-bond donors (Lipinski definition) is 1. The number of hydrogen-bond acceptors (Lipinski definition) is 4. The number of alkyl halides is 3. The lowest BCUT2D eigenvalue weighted by Crippen LogP contribution is -2.69. The summed E-state index contributed by atoms with van der Waals surface area (Å²) in [6.07, 6.45) is -3.77. The maximum Gasteiger partial charge on any atom is 0.435 e. The number of halogens is 6. The van der Waals surface area contributed by atoms with Gasteiger partial charge in [0.1, 0.15) is 17.2 Å². The third-order valence-electron chi connectivity index (χ3n) is 5.56. The van der Waals surface area contributed by atoms with Crippen molar-refractivity contribution in [2.45, 2.75) is 11.8 Å². The number of carbonyl (C=O) groups is 2. The van der Waals surface area contributed by atoms with Crippen LogP contribution in [-0.2, 0) is 10.5 Å². The fourth-order valence-corrected chi connectivity index (χ4v) is 4.88. The van der Waals surface area contributed by atoms with Crippen molar-refractivity contribution in [3.63, 3.8) is 0 Å². The maximum atomic E-state index is 15.0. The summed E-state index contributed by atoms with van der Waals surface area (Å²) < 4.78 is 72.4. The topological polar surface area (TPSA) is 49.4 Å². The molecule has 0 aromatic heterocycles. The number of Topliss-reactive ketones (excluding diaryl/α,β-unsaturated/α-hetero) is 1. The molecule has 0 aliphatic carbocycles. The molecule has 1 aliphatic rings. The summed E-state index contributed by atoms with van der Waals surface area (Å²) in [5.74, 6) is -3.60. The molecule has 3 aromatic carbocycles. The lowest BCUT2D eigenvalue weighted by Gasteiger charge is -2.50. The van der Waals surface area contributed by atoms with E-state index in [1.165, 1.54) is 30.5 Å². The van der Waals surface area contributed by atoms with Crippen molar-refractivity contribution in [3.8, 4) is 0 Å². The molecule has 0 spiro atoms. The summed E-state index contributed by atoms with van der Waals surface area (Å²) in [6.45, 7) is 0. The molecular weight excluding hydrogens is 523 g/mol. The number of nitrogens with zero attached hydrogens (tertiary/aromatic N) is 1. The summed E-state index contributed by atoms with van der Waals surface area (Å²) >= 11 is 6.61. The Hall–Kier alpha value is -3.37. The molecule has 36 heavy (non-hydrogen) atoms. The Morgan fingerprint density at radius 3 is 1.94 bits per heavy atom. The molecule has 0 radical (unpaired) electrons. The Morgan fingerprint density at radius 2 is 1.44 bits per heavy atom. The van der Waals surface area contributed by atoms with Crippen LogP contribution in [0, 0.1) is 11.6 Å². The highest BCUT2D eigenvalue weighted by atomic mass is 35.5. The quantitative estimate of drug-likeness (QED) is 0.231. The van der Waals surface area contributed by atoms with Crippen LogP contribution in [0.1, 0.15) is 15.9 Å². The smallest absolute Gasteiger partial charge is 0.317 e. The number of ketones is 1. The molecule has 0 bridgehead atoms. The van der Waals surface area contributed by atoms with Gasteiger partial charge in [-0.25, -0.2) is 8.78 Å². The first kappa shape index (κ1) is 25.7. The number of carbonyl (C=O) groups excluding carboxylic acids is 2. The Balaban J connectivity index is 2.06. The SMILES string of the molecule is CSC1=C(C(=O)c2ccc(Cl)cc2)C(=O)N[C@](c2ccc(F)cc2)(C(F)(F)F)N1c1ccc(F)cc1. The van der Waals surface area contributed by atoms with E-state index in [0.717, 1.165) is 65.2 Å². The third kappa shape index (κ3) is 4.35. The van der Waals surface area contributed by atoms with Crippen molar-refractivity contribution in [1.82, 2.24) is 5.32 Å². The number of amides is 1. The Kier molecular flexibility index (Phi) is 6.85. The Morgan fingerprint density at radius 1 is 0.917 bits per heavy atom. The van der Waals surface area contributed by atoms with Crippen LogP contribution in [0.25, 0.3) is 0 Å². The van der Waals surface area contributed by atoms with Gasteiger partial charge in [-0.3, -0.25) is 14.5 Å². The molecule has 4 rings (SSSR count). The number of rotatable bonds is 5. The minimum Gasteiger partial charge on any atom is -0.317 e. The van der Waals surface area contributed by atoms with Crippen molar-refractivity contribution in [1.29, 1.82) is 0 Å². The normalized spacial score (nSPS) is 18.3. The third-order valence-corrected chi connectivity index (χ3v) is 6.58. The van der Waals surface area contributed by atoms with E-state index in [1.807, 2.05) is 5.32 Å². The second-order valence-electron chi connectivity index (χ2n) is 7.70. The van der Waals surface area contributed by atoms with Crippen LogP contribution in [0.15, 0.2) is 83.4 Å². The van der Waals surface area contributed by atoms with Crippen LogP contribution in [0.3, 0.4) is 0 Å². The summed E-state index contributed by atoms with van der Waals surface area (Å²) in [7, 11) is 0. The van der Waals surface area contributed by atoms with Gasteiger partial charge in [-0.2, -0.15) is 13.2 Å². The standard InChI is InChI=1S/C25H16ClF5N2O2S/c1-36-23-20(21(34)14-2-6-16(26)7-3-14)22(35)32-24(25(29,30)31,15-4-8-17(27)9-5-15)33(23)19-12-10-18(28)11-13-19/h2-13H,1H3,(H,32,35)/t24-/m0/s1. The summed E-state index contributed by atoms with van der Waals surface area (Å²) in [6, 6.07) is 13.0. The molecule has 1 aliphatic heterocycles. The van der Waals surface area contributed by atoms with E-state index in [4.69, 9.17) is 11.6 Å². The molecule has 0 saturated heterocycles. The van der Waals surface area contributed by atoms with Crippen molar-refractivity contribution >= 4 is 40.7 Å². The fourth-order valence-electron chi connectivity index (χ4n) is 3.94. The van der Waals surface area contributed by atoms with Crippen LogP contribution in [-0.4, -0.2) is 24.1 Å². The Bertz CT molecular complexity index is 1340. The Labute approximate surface area is 211 Å². The molecule has 186 valence electrons. The van der Waals surface area contributed by atoms with Crippen molar-refractivity contribution in [2.24, 2.45) is 0 Å². The molecule has 0 fully saturated rings. The second-order valence-corrected chi connectivity index (χ2v) is 8.93. The first-order valence-electron chi connectivity index (χ1n) is 10.3. The van der Waals surface area contributed by atoms with Crippen LogP contribution in [0.5, 0.6) is 0 Å². The van der Waals surface area contributed by atoms with Gasteiger partial charge < -0.3 is 5.32 Å². The molecule has 0 saturated carbocycles. The van der Waals surface area contributed by atoms with Crippen molar-refractivity contribution in [2.75, 3.05) is 11.2 Å². The first-order valence-corrected chi connectivity index (χ1v) is 11.9. The number of anilines is 1. The maximum absolute atomic E-state index is 15.0. The van der Waals surface area contributed by atoms with E-state index in [0.29, 0.717) is 5.02 Å². The largest absolute Gasteiger partial charge is 0.435 e. The van der Waals surface area contributed by atoms with Gasteiger partial charge in [0.25, 0.3) is 5.91 Å². The molecule has 4 nitrogen and oxygen atoms in total. The number of benzene rings is 3. The number of nitrogens with one attached hydrogen (secondary N) is 1. The molecule has 3 aromatic rings. The zero-order valence-electron chi connectivity index (χ0n) is 18.4. The molecule has 1 amide bonds. The highest BCUT2D eigenvalue weighted by Crippen LogP contribution is 2.50. The predicted molar refractivity (Wildman–Crippen MR) is 127 cm³/mol. The van der Waals surface area contributed by atoms with Gasteiger partial charge in [-0.1, -0.05) is 23.7 Å². The summed E-state index contributed by atoms with van der Waals surface area (Å²) in [5, 5.41) is 1.96. The highest BCUT2D eigenvalue weighted by molar-refractivity contribution is 8.02. The monoisotopic (exact) mass is 538 g/mol. The minimum atomic E-state index is -5.18. The molecule has 1 N–H and O–H groups in total. The van der Waals surface area contributed by atoms with Crippen LogP contribution >= 0.6 is 23.4 Å². The van der Waals surface area contributed by atoms with E-state index in [2.05, 4.69) is 0 Å². The zero-order chi connectivity index (χ0) is 26.3. The average Bonchev–Trinajstić information content (AvgIpc) is 2.83. The van der Waals surface area contributed by atoms with Crippen molar-refractivity contribution in [3.05, 3.63) is 111 Å². The zero-order valence-corrected chi connectivity index (χ0v) is 19.9. The van der Waals surface area contributed by atoms with Gasteiger partial charge in [0, 0.05) is 21.8 Å². The molecule has 1 heterocycles. The minimum absolute atomic E-state index is 0.0245. The van der Waals surface area contributed by atoms with E-state index >= 15 is 13.2 Å². The van der Waals surface area contributed by atoms with E-state index in [1.54, 1.807) is 0 Å².